The summed E-state index contributed by atoms with van der Waals surface area (Å²) < 4.78 is 5.17. The van der Waals surface area contributed by atoms with Gasteiger partial charge in [-0.05, 0) is 25.0 Å². The van der Waals surface area contributed by atoms with Crippen LogP contribution in [0.15, 0.2) is 24.3 Å². The maximum Gasteiger partial charge on any atom is 0.329 e. The summed E-state index contributed by atoms with van der Waals surface area (Å²) in [6.45, 7) is 0. The van der Waals surface area contributed by atoms with Crippen molar-refractivity contribution in [1.29, 1.82) is 0 Å². The molecule has 0 bridgehead atoms. The molecule has 1 saturated heterocycles. The molecule has 21 heavy (non-hydrogen) atoms. The monoisotopic (exact) mass is 288 g/mol. The molecule has 1 aromatic rings. The number of nitrogens with one attached hydrogen (secondary N) is 1. The lowest BCUT2D eigenvalue weighted by molar-refractivity contribution is -0.122. The molecule has 1 saturated carbocycles. The fourth-order valence-corrected chi connectivity index (χ4v) is 3.28. The first-order valence-electron chi connectivity index (χ1n) is 7.47. The van der Waals surface area contributed by atoms with Gasteiger partial charge >= 0.3 is 6.03 Å². The molecule has 1 aromatic carbocycles. The minimum Gasteiger partial charge on any atom is -0.497 e. The summed E-state index contributed by atoms with van der Waals surface area (Å²) in [5.74, 6) is 0.512. The summed E-state index contributed by atoms with van der Waals surface area (Å²) in [5.41, 5.74) is -0.130. The highest BCUT2D eigenvalue weighted by Crippen LogP contribution is 2.35. The van der Waals surface area contributed by atoms with Crippen LogP contribution in [0, 0.1) is 0 Å². The second-order valence-corrected chi connectivity index (χ2v) is 5.77. The van der Waals surface area contributed by atoms with Gasteiger partial charge in [-0.2, -0.15) is 0 Å². The SMILES string of the molecule is COc1cccc(N2C(=O)NC3(CCCCCC3)C2=O)c1. The number of amides is 3. The lowest BCUT2D eigenvalue weighted by atomic mass is 9.90. The zero-order chi connectivity index (χ0) is 14.9. The molecule has 0 aromatic heterocycles. The summed E-state index contributed by atoms with van der Waals surface area (Å²) in [6, 6.07) is 6.73. The zero-order valence-electron chi connectivity index (χ0n) is 12.2. The molecular weight excluding hydrogens is 268 g/mol. The minimum absolute atomic E-state index is 0.123. The van der Waals surface area contributed by atoms with Crippen molar-refractivity contribution in [3.8, 4) is 5.75 Å². The van der Waals surface area contributed by atoms with E-state index in [-0.39, 0.29) is 11.9 Å². The fraction of sp³-hybridized carbons (Fsp3) is 0.500. The molecule has 1 aliphatic carbocycles. The molecule has 112 valence electrons. The van der Waals surface area contributed by atoms with Gasteiger partial charge in [-0.1, -0.05) is 31.7 Å². The van der Waals surface area contributed by atoms with Crippen LogP contribution in [-0.4, -0.2) is 24.6 Å². The number of anilines is 1. The van der Waals surface area contributed by atoms with E-state index in [9.17, 15) is 9.59 Å². The molecule has 5 nitrogen and oxygen atoms in total. The topological polar surface area (TPSA) is 58.6 Å². The number of hydrogen-bond acceptors (Lipinski definition) is 3. The Morgan fingerprint density at radius 2 is 1.86 bits per heavy atom. The van der Waals surface area contributed by atoms with E-state index in [1.54, 1.807) is 31.4 Å². The van der Waals surface area contributed by atoms with Crippen molar-refractivity contribution in [3.05, 3.63) is 24.3 Å². The van der Waals surface area contributed by atoms with Crippen LogP contribution in [0.5, 0.6) is 5.75 Å². The highest BCUT2D eigenvalue weighted by Gasteiger charge is 2.51. The fourth-order valence-electron chi connectivity index (χ4n) is 3.28. The van der Waals surface area contributed by atoms with Crippen LogP contribution in [-0.2, 0) is 4.79 Å². The van der Waals surface area contributed by atoms with Gasteiger partial charge in [-0.15, -0.1) is 0 Å². The minimum atomic E-state index is -0.698. The summed E-state index contributed by atoms with van der Waals surface area (Å²) >= 11 is 0. The van der Waals surface area contributed by atoms with Crippen molar-refractivity contribution in [2.24, 2.45) is 0 Å². The molecule has 2 fully saturated rings. The number of benzene rings is 1. The number of carbonyl (C=O) groups excluding carboxylic acids is 2. The van der Waals surface area contributed by atoms with E-state index in [4.69, 9.17) is 4.74 Å². The molecule has 1 aliphatic heterocycles. The van der Waals surface area contributed by atoms with Gasteiger partial charge in [0.05, 0.1) is 12.8 Å². The number of imide groups is 1. The second kappa shape index (κ2) is 5.39. The van der Waals surface area contributed by atoms with E-state index in [1.165, 1.54) is 4.90 Å². The Balaban J connectivity index is 1.92. The Morgan fingerprint density at radius 1 is 1.14 bits per heavy atom. The van der Waals surface area contributed by atoms with E-state index in [0.29, 0.717) is 11.4 Å². The van der Waals surface area contributed by atoms with Crippen LogP contribution in [0.1, 0.15) is 38.5 Å². The van der Waals surface area contributed by atoms with Crippen molar-refractivity contribution in [1.82, 2.24) is 5.32 Å². The van der Waals surface area contributed by atoms with Gasteiger partial charge < -0.3 is 10.1 Å². The zero-order valence-corrected chi connectivity index (χ0v) is 12.2. The van der Waals surface area contributed by atoms with Crippen molar-refractivity contribution in [2.75, 3.05) is 12.0 Å². The first-order valence-corrected chi connectivity index (χ1v) is 7.47. The smallest absolute Gasteiger partial charge is 0.329 e. The predicted octanol–water partition coefficient (Wildman–Crippen LogP) is 2.84. The standard InChI is InChI=1S/C16H20N2O3/c1-21-13-8-6-7-12(11-13)18-14(19)16(17-15(18)20)9-4-2-3-5-10-16/h6-8,11H,2-5,9-10H2,1H3,(H,17,20). The number of hydrogen-bond donors (Lipinski definition) is 1. The van der Waals surface area contributed by atoms with Gasteiger partial charge in [-0.25, -0.2) is 9.69 Å². The van der Waals surface area contributed by atoms with Crippen molar-refractivity contribution < 1.29 is 14.3 Å². The lowest BCUT2D eigenvalue weighted by Gasteiger charge is -2.24. The molecule has 1 heterocycles. The van der Waals surface area contributed by atoms with Gasteiger partial charge in [0, 0.05) is 6.07 Å². The summed E-state index contributed by atoms with van der Waals surface area (Å²) in [5, 5.41) is 2.94. The second-order valence-electron chi connectivity index (χ2n) is 5.77. The van der Waals surface area contributed by atoms with Gasteiger partial charge in [0.2, 0.25) is 0 Å². The molecule has 3 rings (SSSR count). The Kier molecular flexibility index (Phi) is 3.57. The maximum absolute atomic E-state index is 12.8. The number of nitrogens with zero attached hydrogens (tertiary/aromatic N) is 1. The number of rotatable bonds is 2. The quantitative estimate of drug-likeness (QED) is 0.851. The third-order valence-electron chi connectivity index (χ3n) is 4.43. The van der Waals surface area contributed by atoms with E-state index < -0.39 is 5.54 Å². The van der Waals surface area contributed by atoms with Crippen LogP contribution in [0.25, 0.3) is 0 Å². The molecular formula is C16H20N2O3. The van der Waals surface area contributed by atoms with E-state index in [1.807, 2.05) is 0 Å². The van der Waals surface area contributed by atoms with Gasteiger partial charge in [0.1, 0.15) is 11.3 Å². The Labute approximate surface area is 124 Å². The average Bonchev–Trinajstić information content (AvgIpc) is 2.66. The van der Waals surface area contributed by atoms with Crippen LogP contribution in [0.3, 0.4) is 0 Å². The summed E-state index contributed by atoms with van der Waals surface area (Å²) in [7, 11) is 1.57. The Bertz CT molecular complexity index is 562. The van der Waals surface area contributed by atoms with Crippen molar-refractivity contribution >= 4 is 17.6 Å². The molecule has 1 N–H and O–H groups in total. The first kappa shape index (κ1) is 13.9. The highest BCUT2D eigenvalue weighted by molar-refractivity contribution is 6.23. The molecule has 3 amide bonds. The number of ether oxygens (including phenoxy) is 1. The van der Waals surface area contributed by atoms with E-state index in [0.717, 1.165) is 38.5 Å². The number of methoxy groups -OCH3 is 1. The number of carbonyl (C=O) groups is 2. The molecule has 0 unspecified atom stereocenters. The van der Waals surface area contributed by atoms with Crippen molar-refractivity contribution in [3.63, 3.8) is 0 Å². The van der Waals surface area contributed by atoms with Crippen LogP contribution < -0.4 is 15.0 Å². The number of urea groups is 1. The highest BCUT2D eigenvalue weighted by atomic mass is 16.5. The van der Waals surface area contributed by atoms with Crippen LogP contribution in [0.2, 0.25) is 0 Å². The Morgan fingerprint density at radius 3 is 2.52 bits per heavy atom. The predicted molar refractivity (Wildman–Crippen MR) is 79.4 cm³/mol. The molecule has 5 heteroatoms. The summed E-state index contributed by atoms with van der Waals surface area (Å²) in [4.78, 5) is 26.4. The van der Waals surface area contributed by atoms with Crippen molar-refractivity contribution in [2.45, 2.75) is 44.1 Å². The van der Waals surface area contributed by atoms with E-state index >= 15 is 0 Å². The van der Waals surface area contributed by atoms with Crippen LogP contribution >= 0.6 is 0 Å². The largest absolute Gasteiger partial charge is 0.497 e. The molecule has 0 radical (unpaired) electrons. The third kappa shape index (κ3) is 2.37. The molecule has 1 spiro atoms. The van der Waals surface area contributed by atoms with Gasteiger partial charge in [0.25, 0.3) is 5.91 Å². The third-order valence-corrected chi connectivity index (χ3v) is 4.43. The van der Waals surface area contributed by atoms with Gasteiger partial charge in [0.15, 0.2) is 0 Å². The maximum atomic E-state index is 12.8. The molecule has 0 atom stereocenters. The average molecular weight is 288 g/mol. The van der Waals surface area contributed by atoms with Gasteiger partial charge in [-0.3, -0.25) is 4.79 Å². The Hall–Kier alpha value is -2.04. The lowest BCUT2D eigenvalue weighted by Crippen LogP contribution is -2.46. The first-order chi connectivity index (χ1) is 10.2. The molecule has 2 aliphatic rings. The van der Waals surface area contributed by atoms with E-state index in [2.05, 4.69) is 5.32 Å². The summed E-state index contributed by atoms with van der Waals surface area (Å²) in [6.07, 6.45) is 5.69. The van der Waals surface area contributed by atoms with Crippen LogP contribution in [0.4, 0.5) is 10.5 Å². The normalized spacial score (nSPS) is 21.3.